The van der Waals surface area contributed by atoms with Crippen LogP contribution in [0.25, 0.3) is 11.1 Å². The minimum absolute atomic E-state index is 0.0855. The van der Waals surface area contributed by atoms with Crippen molar-refractivity contribution in [1.82, 2.24) is 0 Å². The first-order valence-corrected chi connectivity index (χ1v) is 9.34. The molecule has 3 aromatic rings. The van der Waals surface area contributed by atoms with Gasteiger partial charge in [0.05, 0.1) is 13.5 Å². The molecule has 3 rings (SSSR count). The summed E-state index contributed by atoms with van der Waals surface area (Å²) < 4.78 is 10.4. The van der Waals surface area contributed by atoms with Gasteiger partial charge in [-0.1, -0.05) is 60.7 Å². The number of para-hydroxylation sites is 1. The highest BCUT2D eigenvalue weighted by molar-refractivity contribution is 5.98. The molecule has 148 valence electrons. The molecule has 0 unspecified atom stereocenters. The first-order valence-electron chi connectivity index (χ1n) is 9.34. The van der Waals surface area contributed by atoms with E-state index in [-0.39, 0.29) is 12.3 Å². The predicted octanol–water partition coefficient (Wildman–Crippen LogP) is 4.48. The fourth-order valence-electron chi connectivity index (χ4n) is 2.90. The zero-order valence-corrected chi connectivity index (χ0v) is 16.4. The van der Waals surface area contributed by atoms with E-state index in [4.69, 9.17) is 9.47 Å². The molecule has 0 spiro atoms. The Morgan fingerprint density at radius 3 is 2.24 bits per heavy atom. The molecular formula is C24H23NO4. The van der Waals surface area contributed by atoms with Gasteiger partial charge < -0.3 is 14.8 Å². The van der Waals surface area contributed by atoms with E-state index in [1.165, 1.54) is 0 Å². The first kappa shape index (κ1) is 20.1. The molecule has 0 fully saturated rings. The lowest BCUT2D eigenvalue weighted by Crippen LogP contribution is -2.30. The molecule has 0 bridgehead atoms. The third-order valence-electron chi connectivity index (χ3n) is 4.45. The Morgan fingerprint density at radius 2 is 1.55 bits per heavy atom. The number of nitrogens with one attached hydrogen (secondary N) is 1. The number of methoxy groups -OCH3 is 1. The molecule has 0 aromatic heterocycles. The molecule has 0 aliphatic heterocycles. The van der Waals surface area contributed by atoms with Crippen LogP contribution in [0.15, 0.2) is 78.9 Å². The maximum Gasteiger partial charge on any atom is 0.311 e. The van der Waals surface area contributed by atoms with E-state index in [0.717, 1.165) is 16.7 Å². The Labute approximate surface area is 170 Å². The molecule has 0 aliphatic carbocycles. The molecule has 0 saturated carbocycles. The lowest BCUT2D eigenvalue weighted by molar-refractivity contribution is -0.152. The van der Waals surface area contributed by atoms with E-state index in [2.05, 4.69) is 5.32 Å². The standard InChI is InChI=1S/C24H23NO4/c1-17(29-23(26)16-18-12-14-20(28-2)15-13-18)24(27)25-22-11-7-6-10-21(22)19-8-4-3-5-9-19/h3-15,17H,16H2,1-2H3,(H,25,27)/t17-/m1/s1. The van der Waals surface area contributed by atoms with E-state index in [9.17, 15) is 9.59 Å². The summed E-state index contributed by atoms with van der Waals surface area (Å²) in [7, 11) is 1.58. The van der Waals surface area contributed by atoms with Crippen molar-refractivity contribution in [2.24, 2.45) is 0 Å². The molecule has 3 aromatic carbocycles. The molecule has 0 radical (unpaired) electrons. The molecule has 1 N–H and O–H groups in total. The van der Waals surface area contributed by atoms with Crippen molar-refractivity contribution in [2.45, 2.75) is 19.4 Å². The largest absolute Gasteiger partial charge is 0.497 e. The summed E-state index contributed by atoms with van der Waals surface area (Å²) in [4.78, 5) is 24.8. The summed E-state index contributed by atoms with van der Waals surface area (Å²) in [6.07, 6.45) is -0.827. The fraction of sp³-hybridized carbons (Fsp3) is 0.167. The minimum atomic E-state index is -0.912. The molecule has 5 heteroatoms. The van der Waals surface area contributed by atoms with Gasteiger partial charge in [-0.2, -0.15) is 0 Å². The van der Waals surface area contributed by atoms with Crippen LogP contribution in [0.5, 0.6) is 5.75 Å². The van der Waals surface area contributed by atoms with Gasteiger partial charge in [-0.25, -0.2) is 0 Å². The summed E-state index contributed by atoms with van der Waals surface area (Å²) in [5.74, 6) is -0.127. The zero-order valence-electron chi connectivity index (χ0n) is 16.4. The van der Waals surface area contributed by atoms with Crippen LogP contribution in [-0.4, -0.2) is 25.1 Å². The first-order chi connectivity index (χ1) is 14.1. The van der Waals surface area contributed by atoms with Gasteiger partial charge in [-0.05, 0) is 36.2 Å². The van der Waals surface area contributed by atoms with Gasteiger partial charge in [0.1, 0.15) is 5.75 Å². The van der Waals surface area contributed by atoms with Crippen molar-refractivity contribution >= 4 is 17.6 Å². The quantitative estimate of drug-likeness (QED) is 0.606. The van der Waals surface area contributed by atoms with Crippen LogP contribution in [0, 0.1) is 0 Å². The number of rotatable bonds is 7. The maximum absolute atomic E-state index is 12.6. The van der Waals surface area contributed by atoms with Gasteiger partial charge >= 0.3 is 5.97 Å². The van der Waals surface area contributed by atoms with Gasteiger partial charge in [0.2, 0.25) is 0 Å². The predicted molar refractivity (Wildman–Crippen MR) is 113 cm³/mol. The lowest BCUT2D eigenvalue weighted by atomic mass is 10.0. The van der Waals surface area contributed by atoms with Gasteiger partial charge in [0, 0.05) is 11.3 Å². The summed E-state index contributed by atoms with van der Waals surface area (Å²) in [6, 6.07) is 24.4. The van der Waals surface area contributed by atoms with Gasteiger partial charge in [0.15, 0.2) is 6.10 Å². The SMILES string of the molecule is COc1ccc(CC(=O)O[C@H](C)C(=O)Nc2ccccc2-c2ccccc2)cc1. The third kappa shape index (κ3) is 5.45. The fourth-order valence-corrected chi connectivity index (χ4v) is 2.90. The number of amides is 1. The summed E-state index contributed by atoms with van der Waals surface area (Å²) in [5.41, 5.74) is 3.35. The van der Waals surface area contributed by atoms with Crippen LogP contribution in [-0.2, 0) is 20.7 Å². The molecule has 0 aliphatic rings. The second kappa shape index (κ2) is 9.55. The van der Waals surface area contributed by atoms with Crippen LogP contribution in [0.1, 0.15) is 12.5 Å². The molecule has 5 nitrogen and oxygen atoms in total. The number of carbonyl (C=O) groups excluding carboxylic acids is 2. The highest BCUT2D eigenvalue weighted by Crippen LogP contribution is 2.27. The molecule has 0 saturated heterocycles. The Hall–Kier alpha value is -3.60. The van der Waals surface area contributed by atoms with E-state index in [1.54, 1.807) is 38.3 Å². The Balaban J connectivity index is 1.61. The van der Waals surface area contributed by atoms with Crippen molar-refractivity contribution in [3.05, 3.63) is 84.4 Å². The van der Waals surface area contributed by atoms with Crippen molar-refractivity contribution in [3.8, 4) is 16.9 Å². The van der Waals surface area contributed by atoms with Gasteiger partial charge in [-0.3, -0.25) is 9.59 Å². The number of hydrogen-bond acceptors (Lipinski definition) is 4. The van der Waals surface area contributed by atoms with E-state index in [0.29, 0.717) is 11.4 Å². The number of esters is 1. The average Bonchev–Trinajstić information content (AvgIpc) is 2.75. The highest BCUT2D eigenvalue weighted by atomic mass is 16.5. The second-order valence-corrected chi connectivity index (χ2v) is 6.56. The molecule has 29 heavy (non-hydrogen) atoms. The van der Waals surface area contributed by atoms with Crippen molar-refractivity contribution in [2.75, 3.05) is 12.4 Å². The smallest absolute Gasteiger partial charge is 0.311 e. The molecule has 1 amide bonds. The van der Waals surface area contributed by atoms with Crippen LogP contribution in [0.4, 0.5) is 5.69 Å². The van der Waals surface area contributed by atoms with Crippen LogP contribution < -0.4 is 10.1 Å². The Bertz CT molecular complexity index is 968. The molecule has 1 atom stereocenters. The maximum atomic E-state index is 12.6. The number of anilines is 1. The second-order valence-electron chi connectivity index (χ2n) is 6.56. The minimum Gasteiger partial charge on any atom is -0.497 e. The zero-order chi connectivity index (χ0) is 20.6. The van der Waals surface area contributed by atoms with Crippen molar-refractivity contribution in [3.63, 3.8) is 0 Å². The topological polar surface area (TPSA) is 64.6 Å². The van der Waals surface area contributed by atoms with Crippen molar-refractivity contribution < 1.29 is 19.1 Å². The van der Waals surface area contributed by atoms with Crippen LogP contribution >= 0.6 is 0 Å². The monoisotopic (exact) mass is 389 g/mol. The molecular weight excluding hydrogens is 366 g/mol. The summed E-state index contributed by atoms with van der Waals surface area (Å²) in [6.45, 7) is 1.56. The van der Waals surface area contributed by atoms with Crippen LogP contribution in [0.2, 0.25) is 0 Å². The van der Waals surface area contributed by atoms with E-state index >= 15 is 0 Å². The Kier molecular flexibility index (Phi) is 6.63. The number of hydrogen-bond donors (Lipinski definition) is 1. The average molecular weight is 389 g/mol. The number of benzene rings is 3. The number of carbonyl (C=O) groups is 2. The summed E-state index contributed by atoms with van der Waals surface area (Å²) >= 11 is 0. The van der Waals surface area contributed by atoms with E-state index in [1.807, 2.05) is 54.6 Å². The van der Waals surface area contributed by atoms with Gasteiger partial charge in [0.25, 0.3) is 5.91 Å². The van der Waals surface area contributed by atoms with Crippen molar-refractivity contribution in [1.29, 1.82) is 0 Å². The van der Waals surface area contributed by atoms with Crippen LogP contribution in [0.3, 0.4) is 0 Å². The lowest BCUT2D eigenvalue weighted by Gasteiger charge is -2.16. The summed E-state index contributed by atoms with van der Waals surface area (Å²) in [5, 5.41) is 2.86. The Morgan fingerprint density at radius 1 is 0.897 bits per heavy atom. The third-order valence-corrected chi connectivity index (χ3v) is 4.45. The van der Waals surface area contributed by atoms with Gasteiger partial charge in [-0.15, -0.1) is 0 Å². The normalized spacial score (nSPS) is 11.4. The highest BCUT2D eigenvalue weighted by Gasteiger charge is 2.19. The number of ether oxygens (including phenoxy) is 2. The molecule has 0 heterocycles. The van der Waals surface area contributed by atoms with E-state index < -0.39 is 12.1 Å².